The van der Waals surface area contributed by atoms with E-state index in [2.05, 4.69) is 24.0 Å². The van der Waals surface area contributed by atoms with Crippen LogP contribution >= 0.6 is 11.6 Å². The van der Waals surface area contributed by atoms with Crippen LogP contribution in [0.1, 0.15) is 51.1 Å². The van der Waals surface area contributed by atoms with Crippen LogP contribution in [0.2, 0.25) is 5.02 Å². The molecule has 0 spiro atoms. The van der Waals surface area contributed by atoms with Crippen LogP contribution in [0.5, 0.6) is 0 Å². The molecule has 0 aliphatic rings. The maximum Gasteiger partial charge on any atom is 0.153 e. The molecule has 0 aliphatic heterocycles. The van der Waals surface area contributed by atoms with Crippen molar-refractivity contribution in [3.8, 4) is 11.1 Å². The van der Waals surface area contributed by atoms with Gasteiger partial charge in [0.2, 0.25) is 0 Å². The minimum absolute atomic E-state index is 0.0987. The van der Waals surface area contributed by atoms with Crippen molar-refractivity contribution in [1.29, 1.82) is 0 Å². The SMILES string of the molecule is CCCC(CCC)c1[nH]nc(N)c1-c1cccc(Cl)c1F. The Labute approximate surface area is 129 Å². The fraction of sp³-hybridized carbons (Fsp3) is 0.438. The first-order chi connectivity index (χ1) is 10.1. The van der Waals surface area contributed by atoms with Gasteiger partial charge in [0.25, 0.3) is 0 Å². The highest BCUT2D eigenvalue weighted by atomic mass is 35.5. The number of aromatic amines is 1. The summed E-state index contributed by atoms with van der Waals surface area (Å²) in [4.78, 5) is 0. The number of halogens is 2. The lowest BCUT2D eigenvalue weighted by atomic mass is 9.90. The number of H-pyrrole nitrogens is 1. The summed E-state index contributed by atoms with van der Waals surface area (Å²) in [5, 5.41) is 7.20. The normalized spacial score (nSPS) is 11.3. The highest BCUT2D eigenvalue weighted by molar-refractivity contribution is 6.31. The van der Waals surface area contributed by atoms with Gasteiger partial charge in [-0.05, 0) is 18.9 Å². The molecule has 1 heterocycles. The Morgan fingerprint density at radius 2 is 1.95 bits per heavy atom. The lowest BCUT2D eigenvalue weighted by Crippen LogP contribution is -2.02. The van der Waals surface area contributed by atoms with Gasteiger partial charge in [0.05, 0.1) is 5.02 Å². The van der Waals surface area contributed by atoms with E-state index in [1.807, 2.05) is 0 Å². The number of benzene rings is 1. The van der Waals surface area contributed by atoms with Crippen molar-refractivity contribution in [2.75, 3.05) is 5.73 Å². The maximum absolute atomic E-state index is 14.3. The molecule has 0 saturated heterocycles. The lowest BCUT2D eigenvalue weighted by molar-refractivity contribution is 0.547. The number of nitrogens with zero attached hydrogens (tertiary/aromatic N) is 1. The standard InChI is InChI=1S/C16H21ClFN3/c1-3-6-10(7-4-2)15-13(16(19)21-20-15)11-8-5-9-12(17)14(11)18/h5,8-10H,3-4,6-7H2,1-2H3,(H3,19,20,21). The van der Waals surface area contributed by atoms with Crippen LogP contribution in [-0.2, 0) is 0 Å². The molecule has 0 aliphatic carbocycles. The highest BCUT2D eigenvalue weighted by Crippen LogP contribution is 2.38. The molecule has 114 valence electrons. The third-order valence-corrected chi connectivity index (χ3v) is 4.02. The second-order valence-electron chi connectivity index (χ2n) is 5.27. The molecule has 3 N–H and O–H groups in total. The third kappa shape index (κ3) is 3.21. The van der Waals surface area contributed by atoms with Crippen molar-refractivity contribution in [2.45, 2.75) is 45.4 Å². The Bertz CT molecular complexity index is 604. The van der Waals surface area contributed by atoms with Crippen molar-refractivity contribution in [3.05, 3.63) is 34.7 Å². The van der Waals surface area contributed by atoms with Gasteiger partial charge in [-0.2, -0.15) is 5.10 Å². The smallest absolute Gasteiger partial charge is 0.153 e. The van der Waals surface area contributed by atoms with Gasteiger partial charge in [-0.1, -0.05) is 50.4 Å². The van der Waals surface area contributed by atoms with E-state index in [-0.39, 0.29) is 5.02 Å². The summed E-state index contributed by atoms with van der Waals surface area (Å²) in [5.74, 6) is 0.182. The molecular weight excluding hydrogens is 289 g/mol. The molecule has 0 atom stereocenters. The van der Waals surface area contributed by atoms with E-state index in [4.69, 9.17) is 17.3 Å². The first kappa shape index (κ1) is 15.8. The number of hydrogen-bond donors (Lipinski definition) is 2. The van der Waals surface area contributed by atoms with Crippen LogP contribution in [0.25, 0.3) is 11.1 Å². The number of nitrogens with two attached hydrogens (primary N) is 1. The average Bonchev–Trinajstić information content (AvgIpc) is 2.83. The van der Waals surface area contributed by atoms with Crippen molar-refractivity contribution in [2.24, 2.45) is 0 Å². The number of anilines is 1. The van der Waals surface area contributed by atoms with Crippen LogP contribution < -0.4 is 5.73 Å². The second-order valence-corrected chi connectivity index (χ2v) is 5.68. The van der Waals surface area contributed by atoms with E-state index in [1.54, 1.807) is 12.1 Å². The van der Waals surface area contributed by atoms with E-state index >= 15 is 0 Å². The zero-order chi connectivity index (χ0) is 15.4. The molecule has 0 radical (unpaired) electrons. The Kier molecular flexibility index (Phi) is 5.23. The summed E-state index contributed by atoms with van der Waals surface area (Å²) < 4.78 is 14.3. The van der Waals surface area contributed by atoms with Crippen LogP contribution in [0.15, 0.2) is 18.2 Å². The topological polar surface area (TPSA) is 54.7 Å². The van der Waals surface area contributed by atoms with Crippen LogP contribution in [0.4, 0.5) is 10.2 Å². The van der Waals surface area contributed by atoms with E-state index in [9.17, 15) is 4.39 Å². The summed E-state index contributed by atoms with van der Waals surface area (Å²) in [6, 6.07) is 4.96. The Balaban J connectivity index is 2.53. The summed E-state index contributed by atoms with van der Waals surface area (Å²) in [6.07, 6.45) is 4.15. The maximum atomic E-state index is 14.3. The number of nitrogens with one attached hydrogen (secondary N) is 1. The number of aromatic nitrogens is 2. The monoisotopic (exact) mass is 309 g/mol. The predicted molar refractivity (Wildman–Crippen MR) is 86.0 cm³/mol. The van der Waals surface area contributed by atoms with Gasteiger partial charge < -0.3 is 5.73 Å². The van der Waals surface area contributed by atoms with Gasteiger partial charge in [0.1, 0.15) is 5.82 Å². The van der Waals surface area contributed by atoms with Crippen molar-refractivity contribution in [3.63, 3.8) is 0 Å². The van der Waals surface area contributed by atoms with E-state index in [0.717, 1.165) is 31.4 Å². The van der Waals surface area contributed by atoms with Crippen molar-refractivity contribution < 1.29 is 4.39 Å². The lowest BCUT2D eigenvalue weighted by Gasteiger charge is -2.16. The second kappa shape index (κ2) is 6.94. The molecule has 5 heteroatoms. The summed E-state index contributed by atoms with van der Waals surface area (Å²) >= 11 is 5.89. The Hall–Kier alpha value is -1.55. The fourth-order valence-corrected chi connectivity index (χ4v) is 2.95. The number of hydrogen-bond acceptors (Lipinski definition) is 2. The molecule has 21 heavy (non-hydrogen) atoms. The first-order valence-electron chi connectivity index (χ1n) is 7.38. The van der Waals surface area contributed by atoms with Gasteiger partial charge >= 0.3 is 0 Å². The van der Waals surface area contributed by atoms with Crippen molar-refractivity contribution >= 4 is 17.4 Å². The average molecular weight is 310 g/mol. The zero-order valence-corrected chi connectivity index (χ0v) is 13.2. The van der Waals surface area contributed by atoms with Crippen LogP contribution in [0, 0.1) is 5.82 Å². The molecule has 2 aromatic rings. The van der Waals surface area contributed by atoms with Crippen molar-refractivity contribution in [1.82, 2.24) is 10.2 Å². The molecule has 1 aromatic carbocycles. The molecular formula is C16H21ClFN3. The predicted octanol–water partition coefficient (Wildman–Crippen LogP) is 5.14. The largest absolute Gasteiger partial charge is 0.382 e. The molecule has 0 bridgehead atoms. The van der Waals surface area contributed by atoms with E-state index < -0.39 is 5.82 Å². The highest BCUT2D eigenvalue weighted by Gasteiger charge is 2.23. The molecule has 0 saturated carbocycles. The fourth-order valence-electron chi connectivity index (χ4n) is 2.78. The molecule has 3 nitrogen and oxygen atoms in total. The number of rotatable bonds is 6. The zero-order valence-electron chi connectivity index (χ0n) is 12.4. The minimum atomic E-state index is -0.444. The molecule has 0 fully saturated rings. The molecule has 2 rings (SSSR count). The number of nitrogen functional groups attached to an aromatic ring is 1. The first-order valence-corrected chi connectivity index (χ1v) is 7.76. The summed E-state index contributed by atoms with van der Waals surface area (Å²) in [7, 11) is 0. The summed E-state index contributed by atoms with van der Waals surface area (Å²) in [5.41, 5.74) is 7.96. The third-order valence-electron chi connectivity index (χ3n) is 3.73. The van der Waals surface area contributed by atoms with Gasteiger partial charge in [0.15, 0.2) is 5.82 Å². The molecule has 1 aromatic heterocycles. The van der Waals surface area contributed by atoms with Crippen LogP contribution in [0.3, 0.4) is 0 Å². The van der Waals surface area contributed by atoms with Gasteiger partial charge in [-0.25, -0.2) is 4.39 Å². The van der Waals surface area contributed by atoms with Gasteiger partial charge in [-0.15, -0.1) is 0 Å². The summed E-state index contributed by atoms with van der Waals surface area (Å²) in [6.45, 7) is 4.28. The van der Waals surface area contributed by atoms with E-state index in [1.165, 1.54) is 6.07 Å². The quantitative estimate of drug-likeness (QED) is 0.776. The van der Waals surface area contributed by atoms with Gasteiger partial charge in [-0.3, -0.25) is 5.10 Å². The van der Waals surface area contributed by atoms with Crippen LogP contribution in [-0.4, -0.2) is 10.2 Å². The molecule has 0 unspecified atom stereocenters. The molecule has 0 amide bonds. The Morgan fingerprint density at radius 3 is 2.57 bits per heavy atom. The van der Waals surface area contributed by atoms with E-state index in [0.29, 0.717) is 22.9 Å². The Morgan fingerprint density at radius 1 is 1.29 bits per heavy atom. The minimum Gasteiger partial charge on any atom is -0.382 e. The van der Waals surface area contributed by atoms with Gasteiger partial charge in [0, 0.05) is 22.7 Å².